The minimum absolute atomic E-state index is 0.268. The number of hydrogen-bond acceptors (Lipinski definition) is 4. The first-order valence-corrected chi connectivity index (χ1v) is 11.8. The average Bonchev–Trinajstić information content (AvgIpc) is 2.66. The predicted molar refractivity (Wildman–Crippen MR) is 119 cm³/mol. The lowest BCUT2D eigenvalue weighted by Gasteiger charge is -2.29. The molecular weight excluding hydrogens is 386 g/mol. The van der Waals surface area contributed by atoms with E-state index < -0.39 is 10.0 Å². The molecule has 3 rings (SSSR count). The Balaban J connectivity index is 1.70. The van der Waals surface area contributed by atoms with Crippen LogP contribution in [0.3, 0.4) is 0 Å². The molecule has 0 spiro atoms. The predicted octanol–water partition coefficient (Wildman–Crippen LogP) is 3.70. The Hall–Kier alpha value is -2.54. The van der Waals surface area contributed by atoms with E-state index in [0.717, 1.165) is 40.5 Å². The fraction of sp³-hybridized carbons (Fsp3) is 0.409. The summed E-state index contributed by atoms with van der Waals surface area (Å²) >= 11 is 0. The third kappa shape index (κ3) is 5.73. The third-order valence-electron chi connectivity index (χ3n) is 5.05. The molecule has 7 heteroatoms. The second kappa shape index (κ2) is 8.86. The quantitative estimate of drug-likeness (QED) is 0.781. The molecule has 1 saturated heterocycles. The molecule has 0 atom stereocenters. The molecule has 1 N–H and O–H groups in total. The summed E-state index contributed by atoms with van der Waals surface area (Å²) in [4.78, 5) is 14.9. The Morgan fingerprint density at radius 1 is 1.00 bits per heavy atom. The number of nitrogens with one attached hydrogen (secondary N) is 1. The number of sulfonamides is 1. The van der Waals surface area contributed by atoms with Gasteiger partial charge in [0.15, 0.2) is 0 Å². The summed E-state index contributed by atoms with van der Waals surface area (Å²) in [5, 5.41) is 2.81. The lowest BCUT2D eigenvalue weighted by molar-refractivity contribution is -0.114. The van der Waals surface area contributed by atoms with Crippen molar-refractivity contribution in [2.75, 3.05) is 40.4 Å². The summed E-state index contributed by atoms with van der Waals surface area (Å²) in [7, 11) is -3.59. The highest BCUT2D eigenvalue weighted by Crippen LogP contribution is 2.23. The van der Waals surface area contributed by atoms with Gasteiger partial charge in [-0.2, -0.15) is 0 Å². The van der Waals surface area contributed by atoms with Gasteiger partial charge in [0, 0.05) is 24.5 Å². The monoisotopic (exact) mass is 415 g/mol. The van der Waals surface area contributed by atoms with Gasteiger partial charge in [0.25, 0.3) is 0 Å². The first-order chi connectivity index (χ1) is 13.7. The van der Waals surface area contributed by atoms with E-state index in [1.165, 1.54) is 19.3 Å². The highest BCUT2D eigenvalue weighted by atomic mass is 32.2. The maximum absolute atomic E-state index is 12.6. The number of piperidine rings is 1. The SMILES string of the molecule is Cc1cc(C)cc(N(CC(=O)Nc2ccc(N3CCCCC3)cc2)S(C)(=O)=O)c1. The maximum Gasteiger partial charge on any atom is 0.245 e. The molecule has 29 heavy (non-hydrogen) atoms. The zero-order chi connectivity index (χ0) is 21.0. The average molecular weight is 416 g/mol. The van der Waals surface area contributed by atoms with Gasteiger partial charge >= 0.3 is 0 Å². The standard InChI is InChI=1S/C22H29N3O3S/c1-17-13-18(2)15-21(14-17)25(29(3,27)28)16-22(26)23-19-7-9-20(10-8-19)24-11-5-4-6-12-24/h7-10,13-15H,4-6,11-12,16H2,1-3H3,(H,23,26). The number of rotatable bonds is 6. The molecule has 1 amide bonds. The van der Waals surface area contributed by atoms with Crippen molar-refractivity contribution in [3.05, 3.63) is 53.6 Å². The van der Waals surface area contributed by atoms with Gasteiger partial charge in [0.2, 0.25) is 15.9 Å². The molecule has 0 aliphatic carbocycles. The summed E-state index contributed by atoms with van der Waals surface area (Å²) in [5.41, 5.74) is 4.20. The number of hydrogen-bond donors (Lipinski definition) is 1. The van der Waals surface area contributed by atoms with E-state index in [1.807, 2.05) is 44.2 Å². The highest BCUT2D eigenvalue weighted by Gasteiger charge is 2.21. The van der Waals surface area contributed by atoms with Gasteiger partial charge in [-0.1, -0.05) is 6.07 Å². The summed E-state index contributed by atoms with van der Waals surface area (Å²) in [5.74, 6) is -0.375. The number of anilines is 3. The van der Waals surface area contributed by atoms with Crippen LogP contribution in [0.2, 0.25) is 0 Å². The molecule has 2 aromatic carbocycles. The number of carbonyl (C=O) groups is 1. The number of amides is 1. The number of carbonyl (C=O) groups excluding carboxylic acids is 1. The van der Waals surface area contributed by atoms with Crippen LogP contribution in [0.4, 0.5) is 17.1 Å². The van der Waals surface area contributed by atoms with E-state index in [2.05, 4.69) is 10.2 Å². The molecule has 1 aliphatic rings. The van der Waals surface area contributed by atoms with E-state index in [-0.39, 0.29) is 12.5 Å². The zero-order valence-electron chi connectivity index (χ0n) is 17.3. The van der Waals surface area contributed by atoms with Crippen LogP contribution in [0.5, 0.6) is 0 Å². The van der Waals surface area contributed by atoms with Gasteiger partial charge in [-0.25, -0.2) is 8.42 Å². The van der Waals surface area contributed by atoms with Gasteiger partial charge in [-0.15, -0.1) is 0 Å². The molecule has 1 fully saturated rings. The Morgan fingerprint density at radius 2 is 1.59 bits per heavy atom. The van der Waals surface area contributed by atoms with Crippen LogP contribution < -0.4 is 14.5 Å². The highest BCUT2D eigenvalue weighted by molar-refractivity contribution is 7.92. The van der Waals surface area contributed by atoms with Crippen LogP contribution in [-0.4, -0.2) is 40.2 Å². The van der Waals surface area contributed by atoms with Gasteiger partial charge in [-0.05, 0) is 80.6 Å². The molecule has 0 saturated carbocycles. The normalized spacial score (nSPS) is 14.5. The summed E-state index contributed by atoms with van der Waals surface area (Å²) in [6, 6.07) is 13.2. The van der Waals surface area contributed by atoms with Crippen molar-refractivity contribution >= 4 is 33.0 Å². The Morgan fingerprint density at radius 3 is 2.14 bits per heavy atom. The second-order valence-electron chi connectivity index (χ2n) is 7.76. The topological polar surface area (TPSA) is 69.7 Å². The molecule has 156 valence electrons. The molecule has 1 aliphatic heterocycles. The van der Waals surface area contributed by atoms with Crippen molar-refractivity contribution in [1.82, 2.24) is 0 Å². The smallest absolute Gasteiger partial charge is 0.245 e. The lowest BCUT2D eigenvalue weighted by atomic mass is 10.1. The van der Waals surface area contributed by atoms with Crippen molar-refractivity contribution < 1.29 is 13.2 Å². The van der Waals surface area contributed by atoms with Crippen LogP contribution in [0.1, 0.15) is 30.4 Å². The molecule has 2 aromatic rings. The van der Waals surface area contributed by atoms with Gasteiger partial charge in [0.1, 0.15) is 6.54 Å². The van der Waals surface area contributed by atoms with E-state index in [0.29, 0.717) is 11.4 Å². The molecule has 0 aromatic heterocycles. The molecule has 0 unspecified atom stereocenters. The zero-order valence-corrected chi connectivity index (χ0v) is 18.1. The molecule has 6 nitrogen and oxygen atoms in total. The van der Waals surface area contributed by atoms with Crippen LogP contribution >= 0.6 is 0 Å². The van der Waals surface area contributed by atoms with Gasteiger partial charge in [-0.3, -0.25) is 9.10 Å². The van der Waals surface area contributed by atoms with Crippen molar-refractivity contribution in [2.45, 2.75) is 33.1 Å². The molecular formula is C22H29N3O3S. The number of benzene rings is 2. The minimum atomic E-state index is -3.59. The first-order valence-electron chi connectivity index (χ1n) is 9.93. The van der Waals surface area contributed by atoms with Crippen molar-refractivity contribution in [3.63, 3.8) is 0 Å². The van der Waals surface area contributed by atoms with Crippen molar-refractivity contribution in [2.24, 2.45) is 0 Å². The Kier molecular flexibility index (Phi) is 6.47. The lowest BCUT2D eigenvalue weighted by Crippen LogP contribution is -2.37. The minimum Gasteiger partial charge on any atom is -0.372 e. The summed E-state index contributed by atoms with van der Waals surface area (Å²) < 4.78 is 25.7. The van der Waals surface area contributed by atoms with Crippen molar-refractivity contribution in [1.29, 1.82) is 0 Å². The fourth-order valence-corrected chi connectivity index (χ4v) is 4.57. The van der Waals surface area contributed by atoms with Gasteiger partial charge < -0.3 is 10.2 Å². The van der Waals surface area contributed by atoms with Gasteiger partial charge in [0.05, 0.1) is 11.9 Å². The fourth-order valence-electron chi connectivity index (χ4n) is 3.73. The maximum atomic E-state index is 12.6. The summed E-state index contributed by atoms with van der Waals surface area (Å²) in [6.45, 7) is 5.66. The number of nitrogens with zero attached hydrogens (tertiary/aromatic N) is 2. The number of aryl methyl sites for hydroxylation is 2. The Labute approximate surface area is 173 Å². The van der Waals surface area contributed by atoms with E-state index in [4.69, 9.17) is 0 Å². The van der Waals surface area contributed by atoms with Crippen LogP contribution in [0, 0.1) is 13.8 Å². The first kappa shape index (κ1) is 21.2. The molecule has 1 heterocycles. The van der Waals surface area contributed by atoms with E-state index in [9.17, 15) is 13.2 Å². The van der Waals surface area contributed by atoms with Crippen LogP contribution in [-0.2, 0) is 14.8 Å². The van der Waals surface area contributed by atoms with Crippen LogP contribution in [0.15, 0.2) is 42.5 Å². The Bertz CT molecular complexity index is 945. The largest absolute Gasteiger partial charge is 0.372 e. The van der Waals surface area contributed by atoms with Crippen molar-refractivity contribution in [3.8, 4) is 0 Å². The van der Waals surface area contributed by atoms with Crippen LogP contribution in [0.25, 0.3) is 0 Å². The van der Waals surface area contributed by atoms with E-state index >= 15 is 0 Å². The summed E-state index contributed by atoms with van der Waals surface area (Å²) in [6.07, 6.45) is 4.81. The molecule has 0 bridgehead atoms. The third-order valence-corrected chi connectivity index (χ3v) is 6.19. The van der Waals surface area contributed by atoms with E-state index in [1.54, 1.807) is 12.1 Å². The molecule has 0 radical (unpaired) electrons. The second-order valence-corrected chi connectivity index (χ2v) is 9.67.